The summed E-state index contributed by atoms with van der Waals surface area (Å²) in [4.78, 5) is 12.2. The number of hydrogen-bond acceptors (Lipinski definition) is 5. The maximum absolute atomic E-state index is 12.2. The molecule has 0 aliphatic carbocycles. The molecule has 3 rings (SSSR count). The van der Waals surface area contributed by atoms with Crippen molar-refractivity contribution in [2.75, 3.05) is 26.4 Å². The van der Waals surface area contributed by atoms with E-state index in [0.717, 1.165) is 47.6 Å². The molecule has 0 unspecified atom stereocenters. The number of benzene rings is 2. The lowest BCUT2D eigenvalue weighted by molar-refractivity contribution is -0.138. The molecule has 0 atom stereocenters. The zero-order valence-electron chi connectivity index (χ0n) is 19.6. The lowest BCUT2D eigenvalue weighted by atomic mass is 10.0. The highest BCUT2D eigenvalue weighted by Gasteiger charge is 2.10. The molecular weight excluding hydrogens is 416 g/mol. The molecular formula is C27H32N2O4. The predicted molar refractivity (Wildman–Crippen MR) is 131 cm³/mol. The lowest BCUT2D eigenvalue weighted by Gasteiger charge is -2.12. The van der Waals surface area contributed by atoms with Crippen LogP contribution in [0.5, 0.6) is 5.75 Å². The second kappa shape index (κ2) is 12.6. The zero-order valence-corrected chi connectivity index (χ0v) is 19.6. The Hall–Kier alpha value is -3.38. The van der Waals surface area contributed by atoms with Gasteiger partial charge in [-0.2, -0.15) is 5.10 Å². The van der Waals surface area contributed by atoms with Crippen molar-refractivity contribution >= 4 is 12.0 Å². The third-order valence-electron chi connectivity index (χ3n) is 5.07. The van der Waals surface area contributed by atoms with E-state index < -0.39 is 0 Å². The summed E-state index contributed by atoms with van der Waals surface area (Å²) in [7, 11) is 0. The highest BCUT2D eigenvalue weighted by molar-refractivity contribution is 5.94. The highest BCUT2D eigenvalue weighted by atomic mass is 16.5. The summed E-state index contributed by atoms with van der Waals surface area (Å²) in [5, 5.41) is 4.35. The first kappa shape index (κ1) is 24.3. The Morgan fingerprint density at radius 2 is 1.82 bits per heavy atom. The number of unbranched alkanes of at least 4 members (excludes halogenated alkanes) is 1. The Morgan fingerprint density at radius 3 is 2.52 bits per heavy atom. The topological polar surface area (TPSA) is 62.6 Å². The molecule has 0 fully saturated rings. The van der Waals surface area contributed by atoms with Crippen molar-refractivity contribution in [3.63, 3.8) is 0 Å². The first-order valence-electron chi connectivity index (χ1n) is 11.4. The molecule has 1 heterocycles. The van der Waals surface area contributed by atoms with Crippen molar-refractivity contribution in [2.24, 2.45) is 0 Å². The van der Waals surface area contributed by atoms with Gasteiger partial charge in [-0.15, -0.1) is 0 Å². The van der Waals surface area contributed by atoms with Crippen molar-refractivity contribution in [3.8, 4) is 22.6 Å². The molecule has 0 N–H and O–H groups in total. The maximum atomic E-state index is 12.2. The largest absolute Gasteiger partial charge is 0.491 e. The predicted octanol–water partition coefficient (Wildman–Crippen LogP) is 5.70. The van der Waals surface area contributed by atoms with Crippen LogP contribution in [-0.4, -0.2) is 42.2 Å². The summed E-state index contributed by atoms with van der Waals surface area (Å²) in [5.41, 5.74) is 4.38. The molecule has 0 aliphatic heterocycles. The van der Waals surface area contributed by atoms with Crippen LogP contribution in [0.3, 0.4) is 0 Å². The molecule has 3 aromatic rings. The fraction of sp³-hybridized carbons (Fsp3) is 0.333. The van der Waals surface area contributed by atoms with Gasteiger partial charge in [0, 0.05) is 30.1 Å². The SMILES string of the molecule is CCCCOCCOc1ccc(-c2ccc(-n3cccn3)c(/C=C(\C)C(=O)OCC)c2)cc1. The third kappa shape index (κ3) is 7.05. The molecule has 0 saturated carbocycles. The minimum atomic E-state index is -0.325. The molecule has 0 spiro atoms. The number of carbonyl (C=O) groups is 1. The number of rotatable bonds is 12. The van der Waals surface area contributed by atoms with Gasteiger partial charge in [0.2, 0.25) is 0 Å². The average Bonchev–Trinajstić information content (AvgIpc) is 3.36. The van der Waals surface area contributed by atoms with Gasteiger partial charge < -0.3 is 14.2 Å². The van der Waals surface area contributed by atoms with E-state index in [-0.39, 0.29) is 5.97 Å². The first-order valence-corrected chi connectivity index (χ1v) is 11.4. The van der Waals surface area contributed by atoms with E-state index in [2.05, 4.69) is 18.1 Å². The molecule has 0 bridgehead atoms. The standard InChI is InChI=1S/C27H32N2O4/c1-4-6-16-31-17-18-33-25-11-8-22(9-12-25)23-10-13-26(29-15-7-14-28-29)24(20-23)19-21(3)27(30)32-5-2/h7-15,19-20H,4-6,16-18H2,1-3H3/b21-19+. The summed E-state index contributed by atoms with van der Waals surface area (Å²) in [6, 6.07) is 16.0. The van der Waals surface area contributed by atoms with E-state index in [1.165, 1.54) is 0 Å². The van der Waals surface area contributed by atoms with E-state index >= 15 is 0 Å². The van der Waals surface area contributed by atoms with Gasteiger partial charge in [0.15, 0.2) is 0 Å². The lowest BCUT2D eigenvalue weighted by Crippen LogP contribution is -2.07. The van der Waals surface area contributed by atoms with Gasteiger partial charge in [-0.3, -0.25) is 0 Å². The van der Waals surface area contributed by atoms with Crippen LogP contribution in [0.1, 0.15) is 39.2 Å². The molecule has 174 valence electrons. The van der Waals surface area contributed by atoms with Gasteiger partial charge in [0.05, 0.1) is 18.9 Å². The Bertz CT molecular complexity index is 1040. The normalized spacial score (nSPS) is 11.4. The van der Waals surface area contributed by atoms with Crippen LogP contribution in [-0.2, 0) is 14.3 Å². The van der Waals surface area contributed by atoms with E-state index in [1.807, 2.05) is 54.7 Å². The van der Waals surface area contributed by atoms with Crippen molar-refractivity contribution in [1.29, 1.82) is 0 Å². The van der Waals surface area contributed by atoms with Crippen molar-refractivity contribution in [1.82, 2.24) is 9.78 Å². The van der Waals surface area contributed by atoms with Crippen LogP contribution in [0.25, 0.3) is 22.9 Å². The minimum Gasteiger partial charge on any atom is -0.491 e. The van der Waals surface area contributed by atoms with Gasteiger partial charge in [-0.25, -0.2) is 9.48 Å². The van der Waals surface area contributed by atoms with Crippen molar-refractivity contribution in [2.45, 2.75) is 33.6 Å². The zero-order chi connectivity index (χ0) is 23.5. The van der Waals surface area contributed by atoms with Gasteiger partial charge in [0.25, 0.3) is 0 Å². The highest BCUT2D eigenvalue weighted by Crippen LogP contribution is 2.28. The van der Waals surface area contributed by atoms with E-state index in [0.29, 0.717) is 25.4 Å². The number of carbonyl (C=O) groups excluding carboxylic acids is 1. The van der Waals surface area contributed by atoms with Crippen LogP contribution in [0.4, 0.5) is 0 Å². The number of nitrogens with zero attached hydrogens (tertiary/aromatic N) is 2. The quantitative estimate of drug-likeness (QED) is 0.202. The minimum absolute atomic E-state index is 0.325. The molecule has 1 aromatic heterocycles. The first-order chi connectivity index (χ1) is 16.1. The van der Waals surface area contributed by atoms with Crippen LogP contribution >= 0.6 is 0 Å². The fourth-order valence-electron chi connectivity index (χ4n) is 3.32. The van der Waals surface area contributed by atoms with E-state index in [4.69, 9.17) is 14.2 Å². The van der Waals surface area contributed by atoms with Crippen LogP contribution in [0.15, 0.2) is 66.5 Å². The molecule has 0 saturated heterocycles. The molecule has 0 radical (unpaired) electrons. The molecule has 0 aliphatic rings. The molecule has 33 heavy (non-hydrogen) atoms. The fourth-order valence-corrected chi connectivity index (χ4v) is 3.32. The Balaban J connectivity index is 1.78. The summed E-state index contributed by atoms with van der Waals surface area (Å²) >= 11 is 0. The number of aromatic nitrogens is 2. The van der Waals surface area contributed by atoms with Crippen LogP contribution in [0.2, 0.25) is 0 Å². The summed E-state index contributed by atoms with van der Waals surface area (Å²) < 4.78 is 18.2. The second-order valence-electron chi connectivity index (χ2n) is 7.61. The van der Waals surface area contributed by atoms with Crippen molar-refractivity contribution < 1.29 is 19.0 Å². The van der Waals surface area contributed by atoms with Gasteiger partial charge in [0.1, 0.15) is 12.4 Å². The maximum Gasteiger partial charge on any atom is 0.333 e. The van der Waals surface area contributed by atoms with Crippen LogP contribution in [0, 0.1) is 0 Å². The van der Waals surface area contributed by atoms with Crippen LogP contribution < -0.4 is 4.74 Å². The van der Waals surface area contributed by atoms with E-state index in [1.54, 1.807) is 24.7 Å². The van der Waals surface area contributed by atoms with E-state index in [9.17, 15) is 4.79 Å². The summed E-state index contributed by atoms with van der Waals surface area (Å²) in [6.45, 7) is 7.95. The molecule has 6 nitrogen and oxygen atoms in total. The Kier molecular flexibility index (Phi) is 9.27. The number of esters is 1. The van der Waals surface area contributed by atoms with Gasteiger partial charge >= 0.3 is 5.97 Å². The number of hydrogen-bond donors (Lipinski definition) is 0. The second-order valence-corrected chi connectivity index (χ2v) is 7.61. The Labute approximate surface area is 195 Å². The summed E-state index contributed by atoms with van der Waals surface area (Å²) in [6.07, 6.45) is 7.65. The summed E-state index contributed by atoms with van der Waals surface area (Å²) in [5.74, 6) is 0.485. The average molecular weight is 449 g/mol. The monoisotopic (exact) mass is 448 g/mol. The van der Waals surface area contributed by atoms with Gasteiger partial charge in [-0.1, -0.05) is 31.5 Å². The third-order valence-corrected chi connectivity index (χ3v) is 5.07. The molecule has 2 aromatic carbocycles. The smallest absolute Gasteiger partial charge is 0.333 e. The van der Waals surface area contributed by atoms with Gasteiger partial charge in [-0.05, 0) is 67.8 Å². The number of ether oxygens (including phenoxy) is 3. The Morgan fingerprint density at radius 1 is 1.03 bits per heavy atom. The molecule has 0 amide bonds. The van der Waals surface area contributed by atoms with Crippen molar-refractivity contribution in [3.05, 3.63) is 72.1 Å². The molecule has 6 heteroatoms.